The van der Waals surface area contributed by atoms with Crippen molar-refractivity contribution in [2.75, 3.05) is 13.2 Å². The molecule has 0 aromatic heterocycles. The van der Waals surface area contributed by atoms with Crippen LogP contribution >= 0.6 is 0 Å². The maximum Gasteiger partial charge on any atom is 0.306 e. The second-order valence-corrected chi connectivity index (χ2v) is 17.1. The minimum Gasteiger partial charge on any atom is -0.462 e. The van der Waals surface area contributed by atoms with Gasteiger partial charge in [0, 0.05) is 19.3 Å². The van der Waals surface area contributed by atoms with Gasteiger partial charge in [0.25, 0.3) is 0 Å². The molecule has 0 aliphatic heterocycles. The lowest BCUT2D eigenvalue weighted by Gasteiger charge is -2.18. The average Bonchev–Trinajstić information content (AvgIpc) is 3.29. The van der Waals surface area contributed by atoms with Gasteiger partial charge in [-0.1, -0.05) is 214 Å². The third kappa shape index (κ3) is 49.3. The second kappa shape index (κ2) is 52.0. The van der Waals surface area contributed by atoms with Crippen molar-refractivity contribution in [2.24, 2.45) is 0 Å². The van der Waals surface area contributed by atoms with E-state index in [0.717, 1.165) is 103 Å². The molecular formula is C58H96O6. The molecule has 6 nitrogen and oxygen atoms in total. The standard InChI is InChI=1S/C58H96O6/c1-4-7-10-13-16-18-20-22-24-26-27-28-29-30-31-32-34-35-37-39-42-45-48-51-57(60)63-54-55(53-62-56(59)50-47-44-41-15-12-9-6-3)64-58(61)52-49-46-43-40-38-36-33-25-23-21-19-17-14-11-8-5-2/h7,10,16,18,22,24-25,27-28,30-31,33-35,39,42,55H,4-6,8-9,11-15,17,19-21,23,26,29,32,36-38,40-41,43-54H2,1-3H3/b10-7-,18-16-,24-22-,28-27-,31-30-,33-25-,35-34-,42-39-. The van der Waals surface area contributed by atoms with Crippen molar-refractivity contribution in [3.05, 3.63) is 97.2 Å². The Hall–Kier alpha value is -3.67. The van der Waals surface area contributed by atoms with Crippen molar-refractivity contribution in [1.82, 2.24) is 0 Å². The van der Waals surface area contributed by atoms with Gasteiger partial charge in [0.15, 0.2) is 6.10 Å². The number of hydrogen-bond donors (Lipinski definition) is 0. The average molecular weight is 889 g/mol. The van der Waals surface area contributed by atoms with Gasteiger partial charge in [0.1, 0.15) is 13.2 Å². The molecule has 0 rings (SSSR count). The fourth-order valence-electron chi connectivity index (χ4n) is 6.90. The van der Waals surface area contributed by atoms with Crippen molar-refractivity contribution in [2.45, 2.75) is 239 Å². The fraction of sp³-hybridized carbons (Fsp3) is 0.672. The van der Waals surface area contributed by atoms with Crippen molar-refractivity contribution in [3.8, 4) is 0 Å². The Morgan fingerprint density at radius 1 is 0.328 bits per heavy atom. The summed E-state index contributed by atoms with van der Waals surface area (Å²) in [6.07, 6.45) is 68.4. The first kappa shape index (κ1) is 60.3. The summed E-state index contributed by atoms with van der Waals surface area (Å²) in [4.78, 5) is 37.8. The number of hydrogen-bond acceptors (Lipinski definition) is 6. The zero-order chi connectivity index (χ0) is 46.5. The van der Waals surface area contributed by atoms with Crippen LogP contribution in [0.4, 0.5) is 0 Å². The third-order valence-corrected chi connectivity index (χ3v) is 10.8. The van der Waals surface area contributed by atoms with Crippen LogP contribution in [0.5, 0.6) is 0 Å². The summed E-state index contributed by atoms with van der Waals surface area (Å²) < 4.78 is 16.7. The normalized spacial score (nSPS) is 12.9. The van der Waals surface area contributed by atoms with Gasteiger partial charge in [-0.3, -0.25) is 14.4 Å². The summed E-state index contributed by atoms with van der Waals surface area (Å²) in [6, 6.07) is 0. The highest BCUT2D eigenvalue weighted by Gasteiger charge is 2.19. The van der Waals surface area contributed by atoms with Gasteiger partial charge in [-0.2, -0.15) is 0 Å². The zero-order valence-corrected chi connectivity index (χ0v) is 41.5. The monoisotopic (exact) mass is 889 g/mol. The van der Waals surface area contributed by atoms with E-state index in [9.17, 15) is 14.4 Å². The molecule has 0 aromatic rings. The first-order chi connectivity index (χ1) is 31.5. The Balaban J connectivity index is 4.37. The quantitative estimate of drug-likeness (QED) is 0.0262. The molecule has 6 heteroatoms. The number of ether oxygens (including phenoxy) is 3. The number of allylic oxidation sites excluding steroid dienone is 16. The summed E-state index contributed by atoms with van der Waals surface area (Å²) in [7, 11) is 0. The molecule has 0 fully saturated rings. The minimum atomic E-state index is -0.802. The molecule has 0 spiro atoms. The van der Waals surface area contributed by atoms with Crippen molar-refractivity contribution >= 4 is 17.9 Å². The van der Waals surface area contributed by atoms with Crippen LogP contribution in [0.25, 0.3) is 0 Å². The van der Waals surface area contributed by atoms with E-state index in [1.54, 1.807) is 0 Å². The summed E-state index contributed by atoms with van der Waals surface area (Å²) in [5, 5.41) is 0. The zero-order valence-electron chi connectivity index (χ0n) is 41.5. The fourth-order valence-corrected chi connectivity index (χ4v) is 6.90. The van der Waals surface area contributed by atoms with Crippen LogP contribution in [0.1, 0.15) is 233 Å². The molecule has 64 heavy (non-hydrogen) atoms. The molecule has 0 saturated carbocycles. The molecule has 1 unspecified atom stereocenters. The summed E-state index contributed by atoms with van der Waals surface area (Å²) in [5.74, 6) is -0.979. The van der Waals surface area contributed by atoms with Crippen molar-refractivity contribution < 1.29 is 28.6 Å². The second-order valence-electron chi connectivity index (χ2n) is 17.1. The van der Waals surface area contributed by atoms with Crippen molar-refractivity contribution in [1.29, 1.82) is 0 Å². The SMILES string of the molecule is CC/C=C\C/C=C\C/C=C\C/C=C\C/C=C\C/C=C\C/C=C\CCCC(=O)OCC(COC(=O)CCCCCCCCC)OC(=O)CCCCCCC/C=C\CCCCCCCCC. The molecule has 0 saturated heterocycles. The van der Waals surface area contributed by atoms with E-state index in [0.29, 0.717) is 19.3 Å². The summed E-state index contributed by atoms with van der Waals surface area (Å²) in [5.41, 5.74) is 0. The molecule has 0 radical (unpaired) electrons. The molecule has 0 aliphatic rings. The predicted octanol–water partition coefficient (Wildman–Crippen LogP) is 17.4. The maximum absolute atomic E-state index is 12.8. The van der Waals surface area contributed by atoms with E-state index in [-0.39, 0.29) is 37.5 Å². The minimum absolute atomic E-state index is 0.0990. The van der Waals surface area contributed by atoms with Gasteiger partial charge in [-0.05, 0) is 96.3 Å². The van der Waals surface area contributed by atoms with Crippen LogP contribution in [0.3, 0.4) is 0 Å². The first-order valence-corrected chi connectivity index (χ1v) is 26.2. The highest BCUT2D eigenvalue weighted by Crippen LogP contribution is 2.13. The predicted molar refractivity (Wildman–Crippen MR) is 274 cm³/mol. The Bertz CT molecular complexity index is 1300. The van der Waals surface area contributed by atoms with E-state index in [2.05, 4.69) is 118 Å². The Labute approximate surface area is 394 Å². The molecule has 0 aromatic carbocycles. The van der Waals surface area contributed by atoms with Crippen LogP contribution in [0, 0.1) is 0 Å². The van der Waals surface area contributed by atoms with Crippen LogP contribution in [-0.4, -0.2) is 37.2 Å². The Morgan fingerprint density at radius 2 is 0.625 bits per heavy atom. The van der Waals surface area contributed by atoms with Crippen LogP contribution < -0.4 is 0 Å². The highest BCUT2D eigenvalue weighted by atomic mass is 16.6. The largest absolute Gasteiger partial charge is 0.462 e. The van der Waals surface area contributed by atoms with Crippen molar-refractivity contribution in [3.63, 3.8) is 0 Å². The lowest BCUT2D eigenvalue weighted by Crippen LogP contribution is -2.30. The number of carbonyl (C=O) groups excluding carboxylic acids is 3. The van der Waals surface area contributed by atoms with Gasteiger partial charge < -0.3 is 14.2 Å². The van der Waals surface area contributed by atoms with Gasteiger partial charge in [-0.15, -0.1) is 0 Å². The Kier molecular flexibility index (Phi) is 49.0. The first-order valence-electron chi connectivity index (χ1n) is 26.2. The lowest BCUT2D eigenvalue weighted by atomic mass is 10.1. The molecule has 0 bridgehead atoms. The third-order valence-electron chi connectivity index (χ3n) is 10.8. The van der Waals surface area contributed by atoms with Gasteiger partial charge in [-0.25, -0.2) is 0 Å². The lowest BCUT2D eigenvalue weighted by molar-refractivity contribution is -0.167. The molecule has 1 atom stereocenters. The smallest absolute Gasteiger partial charge is 0.306 e. The number of esters is 3. The molecule has 0 N–H and O–H groups in total. The molecule has 0 heterocycles. The summed E-state index contributed by atoms with van der Waals surface area (Å²) >= 11 is 0. The van der Waals surface area contributed by atoms with E-state index < -0.39 is 6.10 Å². The summed E-state index contributed by atoms with van der Waals surface area (Å²) in [6.45, 7) is 6.41. The van der Waals surface area contributed by atoms with Gasteiger partial charge in [0.05, 0.1) is 0 Å². The topological polar surface area (TPSA) is 78.9 Å². The van der Waals surface area contributed by atoms with Crippen LogP contribution in [0.2, 0.25) is 0 Å². The molecular weight excluding hydrogens is 793 g/mol. The molecule has 364 valence electrons. The van der Waals surface area contributed by atoms with Gasteiger partial charge in [0.2, 0.25) is 0 Å². The van der Waals surface area contributed by atoms with Crippen LogP contribution in [-0.2, 0) is 28.6 Å². The van der Waals surface area contributed by atoms with E-state index in [4.69, 9.17) is 14.2 Å². The van der Waals surface area contributed by atoms with E-state index in [1.165, 1.54) is 83.5 Å². The molecule has 0 amide bonds. The number of rotatable bonds is 46. The van der Waals surface area contributed by atoms with E-state index in [1.807, 2.05) is 0 Å². The van der Waals surface area contributed by atoms with Crippen LogP contribution in [0.15, 0.2) is 97.2 Å². The Morgan fingerprint density at radius 3 is 1.03 bits per heavy atom. The number of unbranched alkanes of at least 4 members (excludes halogenated alkanes) is 19. The van der Waals surface area contributed by atoms with Gasteiger partial charge >= 0.3 is 17.9 Å². The highest BCUT2D eigenvalue weighted by molar-refractivity contribution is 5.71. The molecule has 0 aliphatic carbocycles. The van der Waals surface area contributed by atoms with E-state index >= 15 is 0 Å². The number of carbonyl (C=O) groups is 3. The maximum atomic E-state index is 12.8.